The van der Waals surface area contributed by atoms with Crippen molar-refractivity contribution < 1.29 is 9.32 Å². The lowest BCUT2D eigenvalue weighted by atomic mass is 10.2. The Morgan fingerprint density at radius 1 is 1.19 bits per heavy atom. The fraction of sp³-hybridized carbons (Fsp3) is 0.222. The van der Waals surface area contributed by atoms with Crippen molar-refractivity contribution in [2.24, 2.45) is 0 Å². The van der Waals surface area contributed by atoms with Crippen LogP contribution < -0.4 is 0 Å². The third-order valence-electron chi connectivity index (χ3n) is 4.64. The fourth-order valence-electron chi connectivity index (χ4n) is 3.37. The van der Waals surface area contributed by atoms with E-state index in [1.54, 1.807) is 40.3 Å². The van der Waals surface area contributed by atoms with Crippen molar-refractivity contribution in [3.8, 4) is 11.5 Å². The molecule has 0 radical (unpaired) electrons. The minimum absolute atomic E-state index is 0.135. The first-order valence-electron chi connectivity index (χ1n) is 8.65. The van der Waals surface area contributed by atoms with Crippen molar-refractivity contribution in [1.29, 1.82) is 0 Å². The summed E-state index contributed by atoms with van der Waals surface area (Å²) in [5, 5.41) is 8.22. The number of rotatable bonds is 3. The van der Waals surface area contributed by atoms with Gasteiger partial charge in [0.05, 0.1) is 6.20 Å². The highest BCUT2D eigenvalue weighted by atomic mass is 16.5. The number of likely N-dealkylation sites (tertiary alicyclic amines) is 1. The number of fused-ring (bicyclic) bond motifs is 1. The van der Waals surface area contributed by atoms with Gasteiger partial charge in [-0.1, -0.05) is 11.2 Å². The van der Waals surface area contributed by atoms with Gasteiger partial charge >= 0.3 is 0 Å². The van der Waals surface area contributed by atoms with E-state index in [2.05, 4.69) is 25.2 Å². The first kappa shape index (κ1) is 15.6. The third kappa shape index (κ3) is 2.64. The lowest BCUT2D eigenvalue weighted by Crippen LogP contribution is -2.30. The molecule has 5 rings (SSSR count). The maximum atomic E-state index is 13.1. The zero-order valence-electron chi connectivity index (χ0n) is 14.3. The predicted molar refractivity (Wildman–Crippen MR) is 93.5 cm³/mol. The van der Waals surface area contributed by atoms with E-state index < -0.39 is 0 Å². The normalized spacial score (nSPS) is 16.9. The lowest BCUT2D eigenvalue weighted by Gasteiger charge is -2.21. The Morgan fingerprint density at radius 3 is 3.00 bits per heavy atom. The number of hydrogen-bond acceptors (Lipinski definition) is 7. The SMILES string of the molecule is O=C(c1cnn2cccnc12)N1CCC[C@H]1c1nc(-c2ccccn2)no1. The highest BCUT2D eigenvalue weighted by Crippen LogP contribution is 2.33. The molecule has 1 atom stereocenters. The van der Waals surface area contributed by atoms with Crippen LogP contribution >= 0.6 is 0 Å². The smallest absolute Gasteiger partial charge is 0.260 e. The van der Waals surface area contributed by atoms with Crippen molar-refractivity contribution in [2.75, 3.05) is 6.54 Å². The second-order valence-corrected chi connectivity index (χ2v) is 6.27. The van der Waals surface area contributed by atoms with E-state index in [0.717, 1.165) is 12.8 Å². The molecule has 1 aliphatic rings. The predicted octanol–water partition coefficient (Wildman–Crippen LogP) is 2.15. The minimum atomic E-state index is -0.263. The summed E-state index contributed by atoms with van der Waals surface area (Å²) in [4.78, 5) is 27.8. The number of hydrogen-bond donors (Lipinski definition) is 0. The third-order valence-corrected chi connectivity index (χ3v) is 4.64. The average molecular weight is 361 g/mol. The molecule has 0 aliphatic carbocycles. The number of carbonyl (C=O) groups excluding carboxylic acids is 1. The second kappa shape index (κ2) is 6.27. The quantitative estimate of drug-likeness (QED) is 0.551. The van der Waals surface area contributed by atoms with Gasteiger partial charge in [0, 0.05) is 25.1 Å². The molecule has 4 aromatic rings. The Labute approximate surface area is 153 Å². The molecule has 1 amide bonds. The highest BCUT2D eigenvalue weighted by molar-refractivity contribution is 5.99. The Kier molecular flexibility index (Phi) is 3.63. The number of pyridine rings is 1. The van der Waals surface area contributed by atoms with Gasteiger partial charge in [-0.3, -0.25) is 9.78 Å². The highest BCUT2D eigenvalue weighted by Gasteiger charge is 2.36. The zero-order chi connectivity index (χ0) is 18.2. The molecule has 1 saturated heterocycles. The first-order chi connectivity index (χ1) is 13.3. The van der Waals surface area contributed by atoms with E-state index >= 15 is 0 Å². The standard InChI is InChI=1S/C18H15N7O2/c26-18(12-11-21-25-10-4-8-20-16(12)25)24-9-3-6-14(24)17-22-15(23-27-17)13-5-1-2-7-19-13/h1-2,4-5,7-8,10-11,14H,3,6,9H2/t14-/m0/s1. The first-order valence-corrected chi connectivity index (χ1v) is 8.65. The van der Waals surface area contributed by atoms with E-state index in [4.69, 9.17) is 4.52 Å². The van der Waals surface area contributed by atoms with E-state index in [0.29, 0.717) is 35.2 Å². The summed E-state index contributed by atoms with van der Waals surface area (Å²) in [6.07, 6.45) is 8.26. The largest absolute Gasteiger partial charge is 0.337 e. The Morgan fingerprint density at radius 2 is 2.11 bits per heavy atom. The Bertz CT molecular complexity index is 1110. The van der Waals surface area contributed by atoms with Crippen molar-refractivity contribution in [1.82, 2.24) is 34.6 Å². The molecule has 4 aromatic heterocycles. The summed E-state index contributed by atoms with van der Waals surface area (Å²) >= 11 is 0. The van der Waals surface area contributed by atoms with Crippen LogP contribution in [-0.2, 0) is 0 Å². The number of nitrogens with zero attached hydrogens (tertiary/aromatic N) is 7. The zero-order valence-corrected chi connectivity index (χ0v) is 14.3. The lowest BCUT2D eigenvalue weighted by molar-refractivity contribution is 0.0712. The van der Waals surface area contributed by atoms with E-state index in [9.17, 15) is 4.79 Å². The van der Waals surface area contributed by atoms with Gasteiger partial charge in [-0.15, -0.1) is 0 Å². The molecular formula is C18H15N7O2. The monoisotopic (exact) mass is 361 g/mol. The molecule has 0 N–H and O–H groups in total. The number of aromatic nitrogens is 6. The van der Waals surface area contributed by atoms with Gasteiger partial charge in [-0.25, -0.2) is 9.50 Å². The van der Waals surface area contributed by atoms with Gasteiger partial charge in [0.25, 0.3) is 5.91 Å². The van der Waals surface area contributed by atoms with Crippen molar-refractivity contribution >= 4 is 11.6 Å². The summed E-state index contributed by atoms with van der Waals surface area (Å²) in [5.74, 6) is 0.706. The topological polar surface area (TPSA) is 102 Å². The Hall–Kier alpha value is -3.62. The van der Waals surface area contributed by atoms with E-state index in [1.165, 1.54) is 0 Å². The van der Waals surface area contributed by atoms with Crippen LogP contribution in [0.2, 0.25) is 0 Å². The van der Waals surface area contributed by atoms with Gasteiger partial charge in [0.2, 0.25) is 11.7 Å². The van der Waals surface area contributed by atoms with Crippen LogP contribution in [0.15, 0.2) is 53.6 Å². The molecule has 0 unspecified atom stereocenters. The van der Waals surface area contributed by atoms with Gasteiger partial charge < -0.3 is 9.42 Å². The molecule has 5 heterocycles. The molecule has 9 heteroatoms. The molecule has 1 fully saturated rings. The van der Waals surface area contributed by atoms with E-state index in [1.807, 2.05) is 18.2 Å². The molecule has 0 aromatic carbocycles. The summed E-state index contributed by atoms with van der Waals surface area (Å²) in [6, 6.07) is 7.01. The van der Waals surface area contributed by atoms with Crippen molar-refractivity contribution in [3.63, 3.8) is 0 Å². The van der Waals surface area contributed by atoms with Gasteiger partial charge in [-0.2, -0.15) is 10.1 Å². The average Bonchev–Trinajstić information content (AvgIpc) is 3.46. The van der Waals surface area contributed by atoms with Crippen LogP contribution in [0.3, 0.4) is 0 Å². The van der Waals surface area contributed by atoms with Crippen LogP contribution in [0, 0.1) is 0 Å². The second-order valence-electron chi connectivity index (χ2n) is 6.27. The van der Waals surface area contributed by atoms with Crippen LogP contribution in [0.5, 0.6) is 0 Å². The molecule has 27 heavy (non-hydrogen) atoms. The van der Waals surface area contributed by atoms with Gasteiger partial charge in [-0.05, 0) is 31.0 Å². The van der Waals surface area contributed by atoms with Gasteiger partial charge in [0.15, 0.2) is 5.65 Å². The van der Waals surface area contributed by atoms with Crippen LogP contribution in [-0.4, -0.2) is 47.1 Å². The Balaban J connectivity index is 1.45. The maximum Gasteiger partial charge on any atom is 0.260 e. The van der Waals surface area contributed by atoms with Crippen molar-refractivity contribution in [2.45, 2.75) is 18.9 Å². The van der Waals surface area contributed by atoms with Gasteiger partial charge in [0.1, 0.15) is 17.3 Å². The molecule has 134 valence electrons. The maximum absolute atomic E-state index is 13.1. The molecule has 0 saturated carbocycles. The van der Waals surface area contributed by atoms with E-state index in [-0.39, 0.29) is 11.9 Å². The number of carbonyl (C=O) groups is 1. The summed E-state index contributed by atoms with van der Waals surface area (Å²) in [6.45, 7) is 0.620. The van der Waals surface area contributed by atoms with Crippen molar-refractivity contribution in [3.05, 3.63) is 60.5 Å². The van der Waals surface area contributed by atoms with Crippen LogP contribution in [0.1, 0.15) is 35.1 Å². The fourth-order valence-corrected chi connectivity index (χ4v) is 3.37. The van der Waals surface area contributed by atoms with Crippen LogP contribution in [0.25, 0.3) is 17.2 Å². The minimum Gasteiger partial charge on any atom is -0.337 e. The molecule has 0 spiro atoms. The summed E-state index contributed by atoms with van der Waals surface area (Å²) < 4.78 is 7.04. The summed E-state index contributed by atoms with van der Waals surface area (Å²) in [5.41, 5.74) is 1.63. The molecule has 0 bridgehead atoms. The molecule has 1 aliphatic heterocycles. The van der Waals surface area contributed by atoms with Crippen LogP contribution in [0.4, 0.5) is 0 Å². The molecular weight excluding hydrogens is 346 g/mol. The molecule has 9 nitrogen and oxygen atoms in total. The summed E-state index contributed by atoms with van der Waals surface area (Å²) in [7, 11) is 0. The number of amides is 1.